The number of nitrogens with one attached hydrogen (secondary N) is 2. The second-order valence-corrected chi connectivity index (χ2v) is 8.38. The van der Waals surface area contributed by atoms with E-state index < -0.39 is 31.7 Å². The molecule has 2 saturated heterocycles. The topological polar surface area (TPSA) is 117 Å². The van der Waals surface area contributed by atoms with E-state index in [1.807, 2.05) is 0 Å². The van der Waals surface area contributed by atoms with E-state index in [9.17, 15) is 16.8 Å². The summed E-state index contributed by atoms with van der Waals surface area (Å²) in [6.45, 7) is 4.23. The van der Waals surface area contributed by atoms with E-state index in [4.69, 9.17) is 8.57 Å². The van der Waals surface area contributed by atoms with Crippen molar-refractivity contribution in [3.63, 3.8) is 0 Å². The van der Waals surface area contributed by atoms with Gasteiger partial charge < -0.3 is 10.6 Å². The smallest absolute Gasteiger partial charge is 0.284 e. The Labute approximate surface area is 130 Å². The first kappa shape index (κ1) is 18.0. The van der Waals surface area contributed by atoms with Gasteiger partial charge in [-0.3, -0.25) is 0 Å². The lowest BCUT2D eigenvalue weighted by Crippen LogP contribution is -2.45. The third-order valence-electron chi connectivity index (χ3n) is 3.17. The summed E-state index contributed by atoms with van der Waals surface area (Å²) in [7, 11) is -7.89. The van der Waals surface area contributed by atoms with Crippen molar-refractivity contribution in [3.8, 4) is 0 Å². The maximum absolute atomic E-state index is 11.8. The quantitative estimate of drug-likeness (QED) is 0.498. The molecular formula is C10H22N4O6S2. The number of hydrogen-bond donors (Lipinski definition) is 2. The van der Waals surface area contributed by atoms with Crippen LogP contribution in [-0.4, -0.2) is 90.8 Å². The Morgan fingerprint density at radius 2 is 1.00 bits per heavy atom. The number of hydroxylamine groups is 4. The predicted molar refractivity (Wildman–Crippen MR) is 78.6 cm³/mol. The fourth-order valence-corrected chi connectivity index (χ4v) is 4.76. The molecule has 0 atom stereocenters. The Morgan fingerprint density at radius 1 is 0.682 bits per heavy atom. The monoisotopic (exact) mass is 358 g/mol. The van der Waals surface area contributed by atoms with Crippen LogP contribution >= 0.6 is 0 Å². The van der Waals surface area contributed by atoms with Gasteiger partial charge in [0.25, 0.3) is 20.2 Å². The van der Waals surface area contributed by atoms with Crippen LogP contribution < -0.4 is 10.6 Å². The summed E-state index contributed by atoms with van der Waals surface area (Å²) in [4.78, 5) is 0. The van der Waals surface area contributed by atoms with Gasteiger partial charge in [0, 0.05) is 52.4 Å². The third-order valence-corrected chi connectivity index (χ3v) is 5.72. The zero-order valence-corrected chi connectivity index (χ0v) is 13.9. The molecule has 2 N–H and O–H groups in total. The Hall–Kier alpha value is -0.340. The molecule has 0 aliphatic carbocycles. The van der Waals surface area contributed by atoms with Crippen LogP contribution in [0, 0.1) is 0 Å². The van der Waals surface area contributed by atoms with E-state index in [0.29, 0.717) is 52.4 Å². The first-order chi connectivity index (χ1) is 10.4. The van der Waals surface area contributed by atoms with E-state index in [1.54, 1.807) is 0 Å². The van der Waals surface area contributed by atoms with Gasteiger partial charge in [0.2, 0.25) is 0 Å². The molecule has 130 valence electrons. The Kier molecular flexibility index (Phi) is 6.52. The highest BCUT2D eigenvalue weighted by Crippen LogP contribution is 2.06. The lowest BCUT2D eigenvalue weighted by Gasteiger charge is -2.26. The van der Waals surface area contributed by atoms with Crippen LogP contribution in [-0.2, 0) is 28.8 Å². The summed E-state index contributed by atoms with van der Waals surface area (Å²) >= 11 is 0. The largest absolute Gasteiger partial charge is 0.314 e. The molecule has 22 heavy (non-hydrogen) atoms. The van der Waals surface area contributed by atoms with Gasteiger partial charge >= 0.3 is 0 Å². The lowest BCUT2D eigenvalue weighted by molar-refractivity contribution is -0.0614. The van der Waals surface area contributed by atoms with Crippen LogP contribution in [0.15, 0.2) is 0 Å². The lowest BCUT2D eigenvalue weighted by atomic mass is 10.4. The second kappa shape index (κ2) is 7.97. The predicted octanol–water partition coefficient (Wildman–Crippen LogP) is -2.68. The molecule has 2 rings (SSSR count). The zero-order chi connectivity index (χ0) is 16.1. The summed E-state index contributed by atoms with van der Waals surface area (Å²) in [5, 5.41) is 8.75. The molecule has 2 aliphatic rings. The van der Waals surface area contributed by atoms with Crippen LogP contribution in [0.5, 0.6) is 0 Å². The maximum atomic E-state index is 11.8. The van der Waals surface area contributed by atoms with Crippen LogP contribution in [0.2, 0.25) is 0 Å². The normalized spacial score (nSPS) is 22.7. The molecule has 0 spiro atoms. The van der Waals surface area contributed by atoms with Crippen molar-refractivity contribution in [2.24, 2.45) is 0 Å². The number of hydrogen-bond acceptors (Lipinski definition) is 10. The van der Waals surface area contributed by atoms with Gasteiger partial charge in [-0.2, -0.15) is 35.5 Å². The average molecular weight is 358 g/mol. The van der Waals surface area contributed by atoms with Gasteiger partial charge in [-0.25, -0.2) is 0 Å². The second-order valence-electron chi connectivity index (χ2n) is 5.03. The van der Waals surface area contributed by atoms with Gasteiger partial charge in [-0.15, -0.1) is 0 Å². The van der Waals surface area contributed by atoms with Gasteiger partial charge in [0.05, 0.1) is 11.5 Å². The molecule has 0 bridgehead atoms. The van der Waals surface area contributed by atoms with Crippen molar-refractivity contribution in [3.05, 3.63) is 0 Å². The summed E-state index contributed by atoms with van der Waals surface area (Å²) in [6.07, 6.45) is 0. The zero-order valence-electron chi connectivity index (χ0n) is 12.2. The fraction of sp³-hybridized carbons (Fsp3) is 1.00. The average Bonchev–Trinajstić information content (AvgIpc) is 2.47. The molecule has 0 radical (unpaired) electrons. The summed E-state index contributed by atoms with van der Waals surface area (Å²) < 4.78 is 57.0. The highest BCUT2D eigenvalue weighted by Gasteiger charge is 2.25. The van der Waals surface area contributed by atoms with Gasteiger partial charge in [0.15, 0.2) is 0 Å². The van der Waals surface area contributed by atoms with Gasteiger partial charge in [-0.05, 0) is 0 Å². The summed E-state index contributed by atoms with van der Waals surface area (Å²) in [6, 6.07) is 0. The van der Waals surface area contributed by atoms with E-state index >= 15 is 0 Å². The molecule has 10 nitrogen and oxygen atoms in total. The highest BCUT2D eigenvalue weighted by atomic mass is 32.2. The molecule has 0 amide bonds. The van der Waals surface area contributed by atoms with E-state index in [1.165, 1.54) is 10.1 Å². The first-order valence-corrected chi connectivity index (χ1v) is 10.3. The van der Waals surface area contributed by atoms with Crippen LogP contribution in [0.3, 0.4) is 0 Å². The molecule has 2 fully saturated rings. The molecule has 0 saturated carbocycles. The third kappa shape index (κ3) is 6.42. The van der Waals surface area contributed by atoms with Crippen LogP contribution in [0.4, 0.5) is 0 Å². The SMILES string of the molecule is O=S(=O)(CCS(=O)(=O)ON1CCNCC1)ON1CCNCC1. The summed E-state index contributed by atoms with van der Waals surface area (Å²) in [5.74, 6) is -1.27. The minimum absolute atomic E-state index is 0.434. The van der Waals surface area contributed by atoms with Gasteiger partial charge in [-0.1, -0.05) is 0 Å². The van der Waals surface area contributed by atoms with Crippen molar-refractivity contribution in [1.82, 2.24) is 20.8 Å². The number of rotatable bonds is 7. The minimum Gasteiger partial charge on any atom is -0.314 e. The van der Waals surface area contributed by atoms with Crippen LogP contribution in [0.25, 0.3) is 0 Å². The fourth-order valence-electron chi connectivity index (χ4n) is 2.04. The standard InChI is InChI=1S/C10H22N4O6S2/c15-21(16,19-13-5-1-11-2-6-13)9-10-22(17,18)20-14-7-3-12-4-8-14/h11-12H,1-10H2. The molecule has 0 aromatic rings. The van der Waals surface area contributed by atoms with Crippen molar-refractivity contribution < 1.29 is 25.4 Å². The maximum Gasteiger partial charge on any atom is 0.284 e. The van der Waals surface area contributed by atoms with Crippen molar-refractivity contribution in [2.45, 2.75) is 0 Å². The molecular weight excluding hydrogens is 336 g/mol. The minimum atomic E-state index is -3.95. The van der Waals surface area contributed by atoms with Crippen LogP contribution in [0.1, 0.15) is 0 Å². The number of nitrogens with zero attached hydrogens (tertiary/aromatic N) is 2. The molecule has 0 aromatic heterocycles. The Morgan fingerprint density at radius 3 is 1.32 bits per heavy atom. The molecule has 12 heteroatoms. The first-order valence-electron chi connectivity index (χ1n) is 7.12. The molecule has 0 aromatic carbocycles. The highest BCUT2D eigenvalue weighted by molar-refractivity contribution is 7.90. The Balaban J connectivity index is 1.78. The molecule has 2 aliphatic heterocycles. The molecule has 0 unspecified atom stereocenters. The van der Waals surface area contributed by atoms with E-state index in [-0.39, 0.29) is 0 Å². The van der Waals surface area contributed by atoms with Gasteiger partial charge in [0.1, 0.15) is 0 Å². The van der Waals surface area contributed by atoms with Crippen molar-refractivity contribution in [2.75, 3.05) is 63.9 Å². The Bertz CT molecular complexity index is 490. The summed E-state index contributed by atoms with van der Waals surface area (Å²) in [5.41, 5.74) is 0. The van der Waals surface area contributed by atoms with Crippen molar-refractivity contribution >= 4 is 20.2 Å². The van der Waals surface area contributed by atoms with E-state index in [2.05, 4.69) is 10.6 Å². The number of piperazine rings is 2. The van der Waals surface area contributed by atoms with E-state index in [0.717, 1.165) is 0 Å². The molecule has 2 heterocycles. The van der Waals surface area contributed by atoms with Crippen molar-refractivity contribution in [1.29, 1.82) is 0 Å².